The number of carbonyl (C=O) groups excluding carboxylic acids is 3. The molecule has 3 N–H and O–H groups in total. The molecular formula is C52H56N3O5P5. The fraction of sp³-hybridized carbons (Fsp3) is 0.481. The maximum Gasteiger partial charge on any atom is 0.326 e. The average molecular weight is 958 g/mol. The number of ether oxygens (including phenoxy) is 1. The predicted octanol–water partition coefficient (Wildman–Crippen LogP) is 6.30. The van der Waals surface area contributed by atoms with Crippen LogP contribution in [0.2, 0.25) is 0 Å². The van der Waals surface area contributed by atoms with Crippen LogP contribution in [-0.2, 0) is 14.3 Å². The molecule has 0 bridgehead atoms. The molecule has 8 nitrogen and oxygen atoms in total. The number of hydrogen-bond acceptors (Lipinski definition) is 5. The largest absolute Gasteiger partial charge is 0.390 e. The van der Waals surface area contributed by atoms with Crippen molar-refractivity contribution in [1.29, 1.82) is 0 Å². The summed E-state index contributed by atoms with van der Waals surface area (Å²) in [7, 11) is 10.8. The molecule has 7 fully saturated rings. The molecule has 0 aromatic rings. The van der Waals surface area contributed by atoms with Gasteiger partial charge in [0.2, 0.25) is 11.8 Å². The van der Waals surface area contributed by atoms with Crippen molar-refractivity contribution in [3.8, 4) is 95.2 Å². The normalized spacial score (nSPS) is 33.2. The Hall–Kier alpha value is -4.08. The van der Waals surface area contributed by atoms with Gasteiger partial charge in [-0.25, -0.2) is 4.79 Å². The van der Waals surface area contributed by atoms with E-state index in [0.717, 1.165) is 53.3 Å². The van der Waals surface area contributed by atoms with Crippen LogP contribution < -0.4 is 10.6 Å². The monoisotopic (exact) mass is 957 g/mol. The third-order valence-corrected chi connectivity index (χ3v) is 22.5. The Morgan fingerprint density at radius 1 is 0.815 bits per heavy atom. The van der Waals surface area contributed by atoms with Crippen LogP contribution in [0.25, 0.3) is 0 Å². The second-order valence-corrected chi connectivity index (χ2v) is 28.0. The lowest BCUT2D eigenvalue weighted by atomic mass is 10.0. The molecule has 0 aromatic carbocycles. The number of hydrogen-bond donors (Lipinski definition) is 3. The Morgan fingerprint density at radius 3 is 1.91 bits per heavy atom. The fourth-order valence-electron chi connectivity index (χ4n) is 8.81. The molecule has 5 saturated carbocycles. The Morgan fingerprint density at radius 2 is 1.35 bits per heavy atom. The number of imide groups is 1. The molecule has 0 spiro atoms. The van der Waals surface area contributed by atoms with Crippen molar-refractivity contribution in [3.05, 3.63) is 48.6 Å². The highest BCUT2D eigenvalue weighted by molar-refractivity contribution is 8.46. The van der Waals surface area contributed by atoms with Crippen LogP contribution in [-0.4, -0.2) is 64.0 Å². The third kappa shape index (κ3) is 15.8. The zero-order valence-corrected chi connectivity index (χ0v) is 42.2. The number of aliphatic hydroxyl groups excluding tert-OH is 1. The first kappa shape index (κ1) is 50.3. The van der Waals surface area contributed by atoms with Gasteiger partial charge in [-0.05, 0) is 180 Å². The summed E-state index contributed by atoms with van der Waals surface area (Å²) in [6, 6.07) is -0.505. The minimum atomic E-state index is -0.822. The summed E-state index contributed by atoms with van der Waals surface area (Å²) in [6.45, 7) is 4.57. The number of carbonyl (C=O) groups is 3. The number of nitrogens with one attached hydrogen (secondary N) is 2. The summed E-state index contributed by atoms with van der Waals surface area (Å²) in [5.74, 6) is 46.0. The summed E-state index contributed by atoms with van der Waals surface area (Å²) in [5.41, 5.74) is 0. The van der Waals surface area contributed by atoms with Crippen molar-refractivity contribution >= 4 is 61.5 Å². The van der Waals surface area contributed by atoms with E-state index in [1.54, 1.807) is 19.1 Å². The topological polar surface area (TPSA) is 108 Å². The molecule has 5 aliphatic carbocycles. The van der Waals surface area contributed by atoms with Gasteiger partial charge >= 0.3 is 6.03 Å². The van der Waals surface area contributed by atoms with Gasteiger partial charge in [0.15, 0.2) is 0 Å². The second-order valence-electron chi connectivity index (χ2n) is 17.8. The summed E-state index contributed by atoms with van der Waals surface area (Å²) >= 11 is 0. The molecule has 2 saturated heterocycles. The van der Waals surface area contributed by atoms with Gasteiger partial charge in [0.25, 0.3) is 0 Å². The maximum atomic E-state index is 12.3. The summed E-state index contributed by atoms with van der Waals surface area (Å²) in [6.07, 6.45) is 26.5. The summed E-state index contributed by atoms with van der Waals surface area (Å²) < 4.78 is 5.86. The summed E-state index contributed by atoms with van der Waals surface area (Å²) in [4.78, 5) is 37.4. The Kier molecular flexibility index (Phi) is 18.7. The number of aliphatic hydroxyl groups is 1. The maximum absolute atomic E-state index is 12.3. The van der Waals surface area contributed by atoms with Gasteiger partial charge in [-0.1, -0.05) is 63.5 Å². The molecule has 2 heterocycles. The van der Waals surface area contributed by atoms with E-state index in [0.29, 0.717) is 5.92 Å². The highest BCUT2D eigenvalue weighted by atomic mass is 32.4. The molecule has 0 radical (unpaired) electrons. The molecule has 18 unspecified atom stereocenters. The van der Waals surface area contributed by atoms with E-state index in [2.05, 4.69) is 161 Å². The van der Waals surface area contributed by atoms with Gasteiger partial charge in [0, 0.05) is 36.1 Å². The molecule has 65 heavy (non-hydrogen) atoms. The van der Waals surface area contributed by atoms with Crippen LogP contribution in [0.15, 0.2) is 48.6 Å². The minimum Gasteiger partial charge on any atom is -0.390 e. The molecule has 4 amide bonds. The Balaban J connectivity index is 0.000000252. The minimum absolute atomic E-state index is 0.0541. The van der Waals surface area contributed by atoms with Gasteiger partial charge in [0.1, 0.15) is 12.3 Å². The number of allylic oxidation sites excluding steroid dienone is 7. The quantitative estimate of drug-likeness (QED) is 0.0661. The first-order valence-corrected chi connectivity index (χ1v) is 27.8. The van der Waals surface area contributed by atoms with E-state index in [1.807, 2.05) is 12.2 Å². The Labute approximate surface area is 396 Å². The van der Waals surface area contributed by atoms with Crippen LogP contribution in [0.1, 0.15) is 52.4 Å². The molecule has 334 valence electrons. The Bertz CT molecular complexity index is 2480. The zero-order chi connectivity index (χ0) is 46.5. The van der Waals surface area contributed by atoms with E-state index >= 15 is 0 Å². The summed E-state index contributed by atoms with van der Waals surface area (Å²) in [5, 5.41) is 15.7. The van der Waals surface area contributed by atoms with E-state index in [1.165, 1.54) is 43.1 Å². The molecule has 0 aromatic heterocycles. The first-order valence-electron chi connectivity index (χ1n) is 22.0. The van der Waals surface area contributed by atoms with Gasteiger partial charge in [0.05, 0.1) is 6.10 Å². The van der Waals surface area contributed by atoms with Crippen LogP contribution in [0.4, 0.5) is 4.79 Å². The molecule has 7 rings (SSSR count). The van der Waals surface area contributed by atoms with Crippen molar-refractivity contribution in [2.24, 2.45) is 65.1 Å². The van der Waals surface area contributed by atoms with Gasteiger partial charge < -0.3 is 15.2 Å². The van der Waals surface area contributed by atoms with Crippen molar-refractivity contribution < 1.29 is 24.2 Å². The van der Waals surface area contributed by atoms with Gasteiger partial charge in [-0.15, -0.1) is 42.8 Å². The smallest absolute Gasteiger partial charge is 0.326 e. The number of urea groups is 1. The standard InChI is InChI=1S/C33H45N3O5.C19H11P5/c1-17-11-19(17)7-8-21-13-23(21)25-15-27(25)26-14-24(26)22-12-20(22)5-3-4-6-29(37)34-16-28-31(39)18(2)32(41-28)36-10-9-30(38)35-33(36)40;1-2-3-4-5-6-7-8-9-10-11-12-13-14-15-16-17-18-19(20,21)24(22)23/h3-8,17-28,31-32,39H,9-16H2,1-2H3,(H,34,37)(H,35,38,40);1,17-18H,20-23H2/b5-3+,6-4+,8-7+;. The van der Waals surface area contributed by atoms with E-state index in [9.17, 15) is 19.5 Å². The molecular weight excluding hydrogens is 901 g/mol. The third-order valence-electron chi connectivity index (χ3n) is 13.0. The highest BCUT2D eigenvalue weighted by Gasteiger charge is 2.63. The molecule has 2 aliphatic heterocycles. The van der Waals surface area contributed by atoms with E-state index < -0.39 is 24.5 Å². The predicted molar refractivity (Wildman–Crippen MR) is 274 cm³/mol. The second kappa shape index (κ2) is 24.1. The lowest BCUT2D eigenvalue weighted by Gasteiger charge is -2.33. The van der Waals surface area contributed by atoms with Crippen LogP contribution in [0.5, 0.6) is 0 Å². The van der Waals surface area contributed by atoms with Crippen molar-refractivity contribution in [1.82, 2.24) is 15.5 Å². The van der Waals surface area contributed by atoms with E-state index in [4.69, 9.17) is 11.2 Å². The first-order chi connectivity index (χ1) is 31.3. The van der Waals surface area contributed by atoms with Crippen LogP contribution in [0.3, 0.4) is 0 Å². The molecule has 18 atom stereocenters. The number of terminal acetylenes is 1. The SMILES string of the molecule is C#CC#CC#CC#CC#CC#CC#CC#CC=CC(P)(P)P(P)P.CC1CC1/C=C/C1CC1C1CC1C1CC1C1CC1/C=C/C=C/C(=O)NCC1OC(N2CCC(=O)NC2=O)C(C)C1O. The van der Waals surface area contributed by atoms with Gasteiger partial charge in [-0.3, -0.25) is 19.8 Å². The van der Waals surface area contributed by atoms with Gasteiger partial charge in [-0.2, -0.15) is 0 Å². The zero-order valence-electron chi connectivity index (χ0n) is 36.7. The molecule has 13 heteroatoms. The highest BCUT2D eigenvalue weighted by Crippen LogP contribution is 2.71. The lowest BCUT2D eigenvalue weighted by Crippen LogP contribution is -2.55. The lowest BCUT2D eigenvalue weighted by molar-refractivity contribution is -0.124. The number of nitrogens with zero attached hydrogens (tertiary/aromatic N) is 1. The molecule has 7 aliphatic rings. The van der Waals surface area contributed by atoms with Crippen LogP contribution in [0, 0.1) is 160 Å². The van der Waals surface area contributed by atoms with Crippen LogP contribution >= 0.6 is 43.6 Å². The number of amides is 4. The van der Waals surface area contributed by atoms with Crippen molar-refractivity contribution in [2.45, 2.75) is 75.4 Å². The number of rotatable bonds is 13. The van der Waals surface area contributed by atoms with Crippen molar-refractivity contribution in [2.75, 3.05) is 13.1 Å². The fourth-order valence-corrected chi connectivity index (χ4v) is 9.76. The van der Waals surface area contributed by atoms with Crippen molar-refractivity contribution in [3.63, 3.8) is 0 Å². The van der Waals surface area contributed by atoms with E-state index in [-0.39, 0.29) is 49.2 Å². The average Bonchev–Trinajstić information content (AvgIpc) is 4.03.